The summed E-state index contributed by atoms with van der Waals surface area (Å²) in [5.74, 6) is -3.32. The standard InChI is InChI=1S/C7H10O6/c1-12-4-13-3-5(8)2-6(9)7(10)11/h2-4H2,1H3,(H,10,11). The molecule has 0 amide bonds. The highest BCUT2D eigenvalue weighted by molar-refractivity contribution is 6.36. The van der Waals surface area contributed by atoms with Crippen LogP contribution in [0.5, 0.6) is 0 Å². The minimum Gasteiger partial charge on any atom is -0.475 e. The fraction of sp³-hybridized carbons (Fsp3) is 0.571. The zero-order valence-corrected chi connectivity index (χ0v) is 7.11. The quantitative estimate of drug-likeness (QED) is 0.245. The van der Waals surface area contributed by atoms with Crippen molar-refractivity contribution in [2.75, 3.05) is 20.5 Å². The molecule has 6 nitrogen and oxygen atoms in total. The maximum atomic E-state index is 10.8. The fourth-order valence-corrected chi connectivity index (χ4v) is 0.545. The summed E-state index contributed by atoms with van der Waals surface area (Å²) in [4.78, 5) is 31.2. The summed E-state index contributed by atoms with van der Waals surface area (Å²) in [6.07, 6.45) is -0.640. The topological polar surface area (TPSA) is 89.9 Å². The molecule has 6 heteroatoms. The average molecular weight is 190 g/mol. The zero-order chi connectivity index (χ0) is 10.3. The number of hydrogen-bond donors (Lipinski definition) is 1. The zero-order valence-electron chi connectivity index (χ0n) is 7.11. The number of carboxylic acids is 1. The minimum atomic E-state index is -1.61. The molecule has 0 radical (unpaired) electrons. The van der Waals surface area contributed by atoms with Crippen LogP contribution in [0.1, 0.15) is 6.42 Å². The Balaban J connectivity index is 3.62. The smallest absolute Gasteiger partial charge is 0.372 e. The lowest BCUT2D eigenvalue weighted by Crippen LogP contribution is -2.20. The summed E-state index contributed by atoms with van der Waals surface area (Å²) in [6.45, 7) is -0.375. The lowest BCUT2D eigenvalue weighted by Gasteiger charge is -1.99. The number of hydrogen-bond acceptors (Lipinski definition) is 5. The number of carboxylic acid groups (broad SMARTS) is 1. The number of ether oxygens (including phenoxy) is 2. The molecule has 1 N–H and O–H groups in total. The lowest BCUT2D eigenvalue weighted by molar-refractivity contribution is -0.150. The van der Waals surface area contributed by atoms with Crippen molar-refractivity contribution in [3.8, 4) is 0 Å². The van der Waals surface area contributed by atoms with Crippen LogP contribution in [0.25, 0.3) is 0 Å². The molecule has 0 saturated heterocycles. The van der Waals surface area contributed by atoms with Crippen molar-refractivity contribution >= 4 is 17.5 Å². The maximum absolute atomic E-state index is 10.8. The van der Waals surface area contributed by atoms with Gasteiger partial charge in [0.05, 0.1) is 6.42 Å². The number of methoxy groups -OCH3 is 1. The largest absolute Gasteiger partial charge is 0.475 e. The van der Waals surface area contributed by atoms with Crippen LogP contribution in [0.15, 0.2) is 0 Å². The van der Waals surface area contributed by atoms with Gasteiger partial charge in [0, 0.05) is 7.11 Å². The monoisotopic (exact) mass is 190 g/mol. The number of Topliss-reactive ketones (excluding diaryl/α,β-unsaturated/α-hetero) is 2. The number of aliphatic carboxylic acids is 1. The van der Waals surface area contributed by atoms with Crippen LogP contribution in [0.3, 0.4) is 0 Å². The fourth-order valence-electron chi connectivity index (χ4n) is 0.545. The van der Waals surface area contributed by atoms with E-state index in [1.807, 2.05) is 0 Å². The highest BCUT2D eigenvalue weighted by Crippen LogP contribution is 1.88. The Kier molecular flexibility index (Phi) is 5.66. The van der Waals surface area contributed by atoms with Gasteiger partial charge in [-0.15, -0.1) is 0 Å². The van der Waals surface area contributed by atoms with E-state index < -0.39 is 24.0 Å². The molecule has 0 spiro atoms. The molecular formula is C7H10O6. The maximum Gasteiger partial charge on any atom is 0.372 e. The van der Waals surface area contributed by atoms with E-state index in [1.165, 1.54) is 7.11 Å². The summed E-state index contributed by atoms with van der Waals surface area (Å²) in [5.41, 5.74) is 0. The van der Waals surface area contributed by atoms with Crippen molar-refractivity contribution in [2.24, 2.45) is 0 Å². The first kappa shape index (κ1) is 11.7. The summed E-state index contributed by atoms with van der Waals surface area (Å²) in [5, 5.41) is 8.14. The second-order valence-corrected chi connectivity index (χ2v) is 2.20. The van der Waals surface area contributed by atoms with E-state index in [1.54, 1.807) is 0 Å². The molecule has 0 aromatic heterocycles. The molecular weight excluding hydrogens is 180 g/mol. The van der Waals surface area contributed by atoms with Crippen molar-refractivity contribution in [3.63, 3.8) is 0 Å². The first-order chi connectivity index (χ1) is 6.07. The van der Waals surface area contributed by atoms with Gasteiger partial charge in [-0.2, -0.15) is 0 Å². The second kappa shape index (κ2) is 6.27. The Labute approximate surface area is 74.4 Å². The molecule has 0 aromatic carbocycles. The Hall–Kier alpha value is -1.27. The Morgan fingerprint density at radius 2 is 1.92 bits per heavy atom. The van der Waals surface area contributed by atoms with Crippen LogP contribution < -0.4 is 0 Å². The normalized spacial score (nSPS) is 9.62. The van der Waals surface area contributed by atoms with Crippen molar-refractivity contribution in [3.05, 3.63) is 0 Å². The van der Waals surface area contributed by atoms with E-state index in [4.69, 9.17) is 5.11 Å². The molecule has 0 aromatic rings. The van der Waals surface area contributed by atoms with E-state index in [-0.39, 0.29) is 13.4 Å². The molecule has 0 rings (SSSR count). The highest BCUT2D eigenvalue weighted by Gasteiger charge is 2.15. The summed E-state index contributed by atoms with van der Waals surface area (Å²) >= 11 is 0. The third kappa shape index (κ3) is 5.94. The third-order valence-electron chi connectivity index (χ3n) is 1.06. The van der Waals surface area contributed by atoms with Gasteiger partial charge < -0.3 is 14.6 Å². The van der Waals surface area contributed by atoms with Crippen LogP contribution in [0, 0.1) is 0 Å². The Morgan fingerprint density at radius 3 is 2.38 bits per heavy atom. The van der Waals surface area contributed by atoms with Gasteiger partial charge >= 0.3 is 5.97 Å². The number of ketones is 2. The number of carbonyl (C=O) groups is 3. The van der Waals surface area contributed by atoms with E-state index >= 15 is 0 Å². The number of rotatable bonds is 7. The van der Waals surface area contributed by atoms with E-state index in [0.717, 1.165) is 0 Å². The van der Waals surface area contributed by atoms with Crippen molar-refractivity contribution in [2.45, 2.75) is 6.42 Å². The molecule has 13 heavy (non-hydrogen) atoms. The molecule has 74 valence electrons. The summed E-state index contributed by atoms with van der Waals surface area (Å²) in [7, 11) is 1.38. The van der Waals surface area contributed by atoms with Gasteiger partial charge in [-0.25, -0.2) is 4.79 Å². The summed E-state index contributed by atoms with van der Waals surface area (Å²) < 4.78 is 9.08. The molecule has 0 bridgehead atoms. The molecule has 0 fully saturated rings. The van der Waals surface area contributed by atoms with Crippen molar-refractivity contribution in [1.29, 1.82) is 0 Å². The molecule has 0 unspecified atom stereocenters. The second-order valence-electron chi connectivity index (χ2n) is 2.20. The van der Waals surface area contributed by atoms with Crippen LogP contribution in [0.2, 0.25) is 0 Å². The van der Waals surface area contributed by atoms with Crippen LogP contribution in [0.4, 0.5) is 0 Å². The van der Waals surface area contributed by atoms with Gasteiger partial charge in [-0.3, -0.25) is 9.59 Å². The lowest BCUT2D eigenvalue weighted by atomic mass is 10.2. The van der Waals surface area contributed by atoms with Gasteiger partial charge in [-0.1, -0.05) is 0 Å². The first-order valence-electron chi connectivity index (χ1n) is 3.42. The van der Waals surface area contributed by atoms with Gasteiger partial charge in [0.1, 0.15) is 13.4 Å². The average Bonchev–Trinajstić information content (AvgIpc) is 2.04. The highest BCUT2D eigenvalue weighted by atomic mass is 16.7. The van der Waals surface area contributed by atoms with Gasteiger partial charge in [0.2, 0.25) is 5.78 Å². The molecule has 0 heterocycles. The van der Waals surface area contributed by atoms with E-state index in [0.29, 0.717) is 0 Å². The van der Waals surface area contributed by atoms with Gasteiger partial charge in [0.15, 0.2) is 5.78 Å². The van der Waals surface area contributed by atoms with E-state index in [9.17, 15) is 14.4 Å². The SMILES string of the molecule is COCOCC(=O)CC(=O)C(=O)O. The van der Waals surface area contributed by atoms with Crippen molar-refractivity contribution < 1.29 is 29.0 Å². The minimum absolute atomic E-state index is 0.0625. The molecule has 0 aliphatic carbocycles. The van der Waals surface area contributed by atoms with Crippen LogP contribution >= 0.6 is 0 Å². The third-order valence-corrected chi connectivity index (χ3v) is 1.06. The number of carbonyl (C=O) groups excluding carboxylic acids is 2. The molecule has 0 saturated carbocycles. The van der Waals surface area contributed by atoms with Crippen molar-refractivity contribution in [1.82, 2.24) is 0 Å². The Bertz CT molecular complexity index is 209. The molecule has 0 aliphatic heterocycles. The van der Waals surface area contributed by atoms with Crippen LogP contribution in [-0.2, 0) is 23.9 Å². The Morgan fingerprint density at radius 1 is 1.31 bits per heavy atom. The van der Waals surface area contributed by atoms with E-state index in [2.05, 4.69) is 9.47 Å². The molecule has 0 aliphatic rings. The predicted octanol–water partition coefficient (Wildman–Crippen LogP) is -0.780. The van der Waals surface area contributed by atoms with Gasteiger partial charge in [0.25, 0.3) is 0 Å². The van der Waals surface area contributed by atoms with Crippen LogP contribution in [-0.4, -0.2) is 43.2 Å². The predicted molar refractivity (Wildman–Crippen MR) is 40.1 cm³/mol. The molecule has 0 atom stereocenters. The first-order valence-corrected chi connectivity index (χ1v) is 3.42. The van der Waals surface area contributed by atoms with Gasteiger partial charge in [-0.05, 0) is 0 Å². The summed E-state index contributed by atoms with van der Waals surface area (Å²) in [6, 6.07) is 0.